The van der Waals surface area contributed by atoms with Crippen LogP contribution >= 0.6 is 0 Å². The van der Waals surface area contributed by atoms with E-state index < -0.39 is 0 Å². The number of benzene rings is 1. The molecule has 22 heavy (non-hydrogen) atoms. The number of carbonyl (C=O) groups is 1. The highest BCUT2D eigenvalue weighted by molar-refractivity contribution is 5.79. The van der Waals surface area contributed by atoms with Crippen molar-refractivity contribution in [2.45, 2.75) is 37.6 Å². The van der Waals surface area contributed by atoms with Gasteiger partial charge in [0.15, 0.2) is 0 Å². The van der Waals surface area contributed by atoms with Crippen molar-refractivity contribution in [1.29, 1.82) is 0 Å². The van der Waals surface area contributed by atoms with Gasteiger partial charge in [-0.15, -0.1) is 0 Å². The fourth-order valence-electron chi connectivity index (χ4n) is 4.28. The average Bonchev–Trinajstić information content (AvgIpc) is 2.60. The Morgan fingerprint density at radius 2 is 2.18 bits per heavy atom. The highest BCUT2D eigenvalue weighted by Gasteiger charge is 2.39. The van der Waals surface area contributed by atoms with Crippen molar-refractivity contribution in [2.24, 2.45) is 11.8 Å². The topological polar surface area (TPSA) is 50.4 Å². The third kappa shape index (κ3) is 2.60. The van der Waals surface area contributed by atoms with Gasteiger partial charge < -0.3 is 15.4 Å². The van der Waals surface area contributed by atoms with Crippen molar-refractivity contribution in [1.82, 2.24) is 10.6 Å². The molecule has 1 saturated carbocycles. The largest absolute Gasteiger partial charge is 0.493 e. The lowest BCUT2D eigenvalue weighted by molar-refractivity contribution is -0.128. The van der Waals surface area contributed by atoms with Crippen LogP contribution in [0.2, 0.25) is 0 Å². The van der Waals surface area contributed by atoms with E-state index in [-0.39, 0.29) is 11.8 Å². The molecule has 3 aliphatic heterocycles. The fourth-order valence-corrected chi connectivity index (χ4v) is 4.28. The van der Waals surface area contributed by atoms with E-state index in [9.17, 15) is 4.79 Å². The van der Waals surface area contributed by atoms with Gasteiger partial charge in [0.1, 0.15) is 5.75 Å². The van der Waals surface area contributed by atoms with E-state index in [0.717, 1.165) is 44.7 Å². The lowest BCUT2D eigenvalue weighted by Crippen LogP contribution is -2.55. The average molecular weight is 300 g/mol. The normalized spacial score (nSPS) is 32.9. The van der Waals surface area contributed by atoms with Crippen LogP contribution in [-0.2, 0) is 4.79 Å². The Morgan fingerprint density at radius 1 is 1.27 bits per heavy atom. The molecule has 2 saturated heterocycles. The quantitative estimate of drug-likeness (QED) is 0.898. The van der Waals surface area contributed by atoms with E-state index in [1.807, 2.05) is 18.2 Å². The second-order valence-electron chi connectivity index (χ2n) is 6.92. The van der Waals surface area contributed by atoms with Gasteiger partial charge in [0.05, 0.1) is 12.5 Å². The second kappa shape index (κ2) is 5.92. The van der Waals surface area contributed by atoms with Gasteiger partial charge in [0.2, 0.25) is 5.91 Å². The van der Waals surface area contributed by atoms with Gasteiger partial charge in [-0.3, -0.25) is 4.79 Å². The van der Waals surface area contributed by atoms with E-state index >= 15 is 0 Å². The molecule has 1 aliphatic carbocycles. The van der Waals surface area contributed by atoms with Crippen molar-refractivity contribution in [2.75, 3.05) is 19.7 Å². The molecule has 2 N–H and O–H groups in total. The lowest BCUT2D eigenvalue weighted by Gasteiger charge is -2.42. The lowest BCUT2D eigenvalue weighted by atomic mass is 9.73. The van der Waals surface area contributed by atoms with Crippen molar-refractivity contribution >= 4 is 5.91 Å². The summed E-state index contributed by atoms with van der Waals surface area (Å²) >= 11 is 0. The summed E-state index contributed by atoms with van der Waals surface area (Å²) in [5.41, 5.74) is 1.23. The van der Waals surface area contributed by atoms with Crippen LogP contribution in [0.1, 0.15) is 37.2 Å². The molecular formula is C18H24N2O2. The summed E-state index contributed by atoms with van der Waals surface area (Å²) in [6, 6.07) is 8.59. The van der Waals surface area contributed by atoms with Crippen LogP contribution in [0.5, 0.6) is 5.75 Å². The number of piperidine rings is 2. The van der Waals surface area contributed by atoms with Crippen molar-refractivity contribution < 1.29 is 9.53 Å². The number of amides is 1. The van der Waals surface area contributed by atoms with Crippen LogP contribution in [0.4, 0.5) is 0 Å². The first-order valence-corrected chi connectivity index (χ1v) is 8.54. The van der Waals surface area contributed by atoms with Gasteiger partial charge in [-0.1, -0.05) is 18.2 Å². The van der Waals surface area contributed by atoms with E-state index in [1.165, 1.54) is 12.0 Å². The monoisotopic (exact) mass is 300 g/mol. The molecule has 4 heteroatoms. The summed E-state index contributed by atoms with van der Waals surface area (Å²) in [6.45, 7) is 2.57. The highest BCUT2D eigenvalue weighted by atomic mass is 16.5. The number of fused-ring (bicyclic) bond motifs is 4. The predicted molar refractivity (Wildman–Crippen MR) is 84.9 cm³/mol. The number of hydrogen-bond acceptors (Lipinski definition) is 3. The van der Waals surface area contributed by atoms with Crippen LogP contribution in [0.15, 0.2) is 24.3 Å². The number of para-hydroxylation sites is 1. The first-order valence-electron chi connectivity index (χ1n) is 8.54. The molecule has 4 nitrogen and oxygen atoms in total. The van der Waals surface area contributed by atoms with E-state index in [4.69, 9.17) is 4.74 Å². The van der Waals surface area contributed by atoms with Gasteiger partial charge in [-0.05, 0) is 49.8 Å². The maximum Gasteiger partial charge on any atom is 0.224 e. The van der Waals surface area contributed by atoms with Crippen LogP contribution in [0.3, 0.4) is 0 Å². The molecule has 2 bridgehead atoms. The minimum absolute atomic E-state index is 0.169. The SMILES string of the molecule is O=C(NCC1CCOc2ccccc21)C1CC2CCC1NC2. The van der Waals surface area contributed by atoms with Gasteiger partial charge in [-0.2, -0.15) is 0 Å². The van der Waals surface area contributed by atoms with Gasteiger partial charge in [0.25, 0.3) is 0 Å². The summed E-state index contributed by atoms with van der Waals surface area (Å²) in [7, 11) is 0. The zero-order valence-corrected chi connectivity index (χ0v) is 12.9. The van der Waals surface area contributed by atoms with Gasteiger partial charge in [0, 0.05) is 18.5 Å². The molecule has 0 radical (unpaired) electrons. The molecule has 3 fully saturated rings. The molecule has 4 unspecified atom stereocenters. The van der Waals surface area contributed by atoms with Crippen LogP contribution in [-0.4, -0.2) is 31.6 Å². The predicted octanol–water partition coefficient (Wildman–Crippen LogP) is 2.06. The van der Waals surface area contributed by atoms with Gasteiger partial charge >= 0.3 is 0 Å². The molecule has 1 aromatic rings. The Bertz CT molecular complexity index is 552. The Labute approximate surface area is 131 Å². The van der Waals surface area contributed by atoms with E-state index in [0.29, 0.717) is 17.9 Å². The Kier molecular flexibility index (Phi) is 3.78. The Morgan fingerprint density at radius 3 is 2.95 bits per heavy atom. The third-order valence-corrected chi connectivity index (χ3v) is 5.57. The maximum absolute atomic E-state index is 12.6. The standard InChI is InChI=1S/C18H24N2O2/c21-18(15-9-12-5-6-16(15)19-10-12)20-11-13-7-8-22-17-4-2-1-3-14(13)17/h1-4,12-13,15-16,19H,5-11H2,(H,20,21). The molecule has 0 aromatic heterocycles. The number of hydrogen-bond donors (Lipinski definition) is 2. The third-order valence-electron chi connectivity index (χ3n) is 5.57. The number of nitrogens with one attached hydrogen (secondary N) is 2. The molecule has 0 spiro atoms. The van der Waals surface area contributed by atoms with Crippen molar-refractivity contribution in [3.8, 4) is 5.75 Å². The first-order chi connectivity index (χ1) is 10.8. The molecule has 4 aliphatic rings. The summed E-state index contributed by atoms with van der Waals surface area (Å²) in [5.74, 6) is 2.46. The van der Waals surface area contributed by atoms with Crippen molar-refractivity contribution in [3.63, 3.8) is 0 Å². The molecule has 1 amide bonds. The van der Waals surface area contributed by atoms with Crippen LogP contribution in [0, 0.1) is 11.8 Å². The molecule has 4 atom stereocenters. The molecule has 5 rings (SSSR count). The zero-order valence-electron chi connectivity index (χ0n) is 12.9. The van der Waals surface area contributed by atoms with Crippen molar-refractivity contribution in [3.05, 3.63) is 29.8 Å². The first kappa shape index (κ1) is 14.1. The molecular weight excluding hydrogens is 276 g/mol. The molecule has 1 aromatic carbocycles. The van der Waals surface area contributed by atoms with Gasteiger partial charge in [-0.25, -0.2) is 0 Å². The minimum atomic E-state index is 0.169. The fraction of sp³-hybridized carbons (Fsp3) is 0.611. The van der Waals surface area contributed by atoms with E-state index in [2.05, 4.69) is 16.7 Å². The van der Waals surface area contributed by atoms with Crippen LogP contribution < -0.4 is 15.4 Å². The molecule has 118 valence electrons. The second-order valence-corrected chi connectivity index (χ2v) is 6.92. The summed E-state index contributed by atoms with van der Waals surface area (Å²) < 4.78 is 5.69. The summed E-state index contributed by atoms with van der Waals surface area (Å²) in [4.78, 5) is 12.6. The number of carbonyl (C=O) groups excluding carboxylic acids is 1. The smallest absolute Gasteiger partial charge is 0.224 e. The summed E-state index contributed by atoms with van der Waals surface area (Å²) in [6.07, 6.45) is 4.48. The summed E-state index contributed by atoms with van der Waals surface area (Å²) in [5, 5.41) is 6.74. The zero-order chi connectivity index (χ0) is 14.9. The minimum Gasteiger partial charge on any atom is -0.493 e. The number of rotatable bonds is 3. The maximum atomic E-state index is 12.6. The van der Waals surface area contributed by atoms with E-state index in [1.54, 1.807) is 0 Å². The highest BCUT2D eigenvalue weighted by Crippen LogP contribution is 2.35. The Hall–Kier alpha value is -1.55. The number of ether oxygens (including phenoxy) is 1. The Balaban J connectivity index is 1.38. The molecule has 3 heterocycles. The van der Waals surface area contributed by atoms with Crippen LogP contribution in [0.25, 0.3) is 0 Å².